The topological polar surface area (TPSA) is 78.2 Å². The third-order valence-corrected chi connectivity index (χ3v) is 4.38. The number of guanidine groups is 1. The van der Waals surface area contributed by atoms with Gasteiger partial charge >= 0.3 is 0 Å². The van der Waals surface area contributed by atoms with Gasteiger partial charge < -0.3 is 20.0 Å². The summed E-state index contributed by atoms with van der Waals surface area (Å²) in [6.45, 7) is 8.03. The van der Waals surface area contributed by atoms with Gasteiger partial charge in [-0.25, -0.2) is 9.98 Å². The molecular weight excluding hydrogens is 326 g/mol. The highest BCUT2D eigenvalue weighted by atomic mass is 16.4. The fraction of sp³-hybridized carbons (Fsp3) is 0.400. The molecule has 0 bridgehead atoms. The standard InChI is InChI=1S/C20H27N5O/c1-4-21-20(24-13-19-25-14(2)15(3)26-19)22-11-7-8-16-12-23-18-10-6-5-9-17(16)18/h5-6,9-10,12,23H,4,7-8,11,13H2,1-3H3,(H2,21,22,24). The summed E-state index contributed by atoms with van der Waals surface area (Å²) in [7, 11) is 0. The lowest BCUT2D eigenvalue weighted by Gasteiger charge is -2.10. The van der Waals surface area contributed by atoms with Crippen LogP contribution < -0.4 is 10.6 Å². The summed E-state index contributed by atoms with van der Waals surface area (Å²) in [6, 6.07) is 8.42. The predicted molar refractivity (Wildman–Crippen MR) is 105 cm³/mol. The monoisotopic (exact) mass is 353 g/mol. The number of H-pyrrole nitrogens is 1. The predicted octanol–water partition coefficient (Wildman–Crippen LogP) is 3.46. The SMILES string of the molecule is CCNC(=NCc1nc(C)c(C)o1)NCCCc1c[nH]c2ccccc12. The van der Waals surface area contributed by atoms with E-state index in [0.717, 1.165) is 43.3 Å². The van der Waals surface area contributed by atoms with Crippen molar-refractivity contribution in [2.75, 3.05) is 13.1 Å². The average Bonchev–Trinajstić information content (AvgIpc) is 3.20. The first-order valence-electron chi connectivity index (χ1n) is 9.17. The Kier molecular flexibility index (Phi) is 5.94. The Labute approximate surface area is 154 Å². The summed E-state index contributed by atoms with van der Waals surface area (Å²) in [5, 5.41) is 7.95. The van der Waals surface area contributed by atoms with Crippen molar-refractivity contribution in [1.29, 1.82) is 0 Å². The molecule has 0 aliphatic rings. The van der Waals surface area contributed by atoms with E-state index in [0.29, 0.717) is 12.4 Å². The summed E-state index contributed by atoms with van der Waals surface area (Å²) < 4.78 is 5.58. The van der Waals surface area contributed by atoms with E-state index in [-0.39, 0.29) is 0 Å². The van der Waals surface area contributed by atoms with Crippen molar-refractivity contribution in [3.8, 4) is 0 Å². The summed E-state index contributed by atoms with van der Waals surface area (Å²) in [5.41, 5.74) is 3.48. The van der Waals surface area contributed by atoms with Gasteiger partial charge in [-0.3, -0.25) is 0 Å². The van der Waals surface area contributed by atoms with Crippen LogP contribution >= 0.6 is 0 Å². The number of benzene rings is 1. The van der Waals surface area contributed by atoms with Crippen molar-refractivity contribution in [3.63, 3.8) is 0 Å². The van der Waals surface area contributed by atoms with Crippen molar-refractivity contribution < 1.29 is 4.42 Å². The second kappa shape index (κ2) is 8.56. The van der Waals surface area contributed by atoms with Gasteiger partial charge in [-0.15, -0.1) is 0 Å². The van der Waals surface area contributed by atoms with Gasteiger partial charge in [-0.05, 0) is 45.2 Å². The van der Waals surface area contributed by atoms with Gasteiger partial charge in [-0.2, -0.15) is 0 Å². The Balaban J connectivity index is 1.51. The lowest BCUT2D eigenvalue weighted by Crippen LogP contribution is -2.37. The molecule has 3 rings (SSSR count). The molecule has 0 amide bonds. The largest absolute Gasteiger partial charge is 0.444 e. The number of nitrogens with one attached hydrogen (secondary N) is 3. The number of aliphatic imine (C=N–C) groups is 1. The zero-order chi connectivity index (χ0) is 18.4. The Morgan fingerprint density at radius 2 is 2.08 bits per heavy atom. The van der Waals surface area contributed by atoms with E-state index in [4.69, 9.17) is 4.42 Å². The van der Waals surface area contributed by atoms with Crippen LogP contribution in [0.15, 0.2) is 39.9 Å². The number of hydrogen-bond acceptors (Lipinski definition) is 3. The van der Waals surface area contributed by atoms with E-state index >= 15 is 0 Å². The number of rotatable bonds is 7. The smallest absolute Gasteiger partial charge is 0.216 e. The first-order valence-corrected chi connectivity index (χ1v) is 9.17. The Bertz CT molecular complexity index is 858. The van der Waals surface area contributed by atoms with Gasteiger partial charge in [0.2, 0.25) is 5.89 Å². The summed E-state index contributed by atoms with van der Waals surface area (Å²) in [5.74, 6) is 2.29. The maximum Gasteiger partial charge on any atom is 0.216 e. The summed E-state index contributed by atoms with van der Waals surface area (Å²) >= 11 is 0. The molecule has 0 aliphatic carbocycles. The minimum absolute atomic E-state index is 0.437. The molecule has 0 fully saturated rings. The van der Waals surface area contributed by atoms with Crippen LogP contribution in [-0.2, 0) is 13.0 Å². The molecule has 0 spiro atoms. The van der Waals surface area contributed by atoms with Gasteiger partial charge in [0.25, 0.3) is 0 Å². The van der Waals surface area contributed by atoms with Crippen LogP contribution in [-0.4, -0.2) is 29.0 Å². The van der Waals surface area contributed by atoms with Gasteiger partial charge in [0.05, 0.1) is 5.69 Å². The highest BCUT2D eigenvalue weighted by molar-refractivity contribution is 5.83. The number of nitrogens with zero attached hydrogens (tertiary/aromatic N) is 2. The highest BCUT2D eigenvalue weighted by Crippen LogP contribution is 2.18. The van der Waals surface area contributed by atoms with Crippen LogP contribution in [0.25, 0.3) is 10.9 Å². The quantitative estimate of drug-likeness (QED) is 0.345. The van der Waals surface area contributed by atoms with Crippen molar-refractivity contribution in [3.05, 3.63) is 53.4 Å². The molecule has 138 valence electrons. The molecule has 0 radical (unpaired) electrons. The number of hydrogen-bond donors (Lipinski definition) is 3. The molecule has 0 saturated carbocycles. The lowest BCUT2D eigenvalue weighted by molar-refractivity contribution is 0.473. The van der Waals surface area contributed by atoms with E-state index in [1.54, 1.807) is 0 Å². The fourth-order valence-electron chi connectivity index (χ4n) is 2.92. The van der Waals surface area contributed by atoms with Crippen LogP contribution in [0.5, 0.6) is 0 Å². The van der Waals surface area contributed by atoms with Gasteiger partial charge in [-0.1, -0.05) is 18.2 Å². The number of aromatic nitrogens is 2. The molecule has 6 nitrogen and oxygen atoms in total. The molecule has 2 heterocycles. The maximum absolute atomic E-state index is 5.58. The van der Waals surface area contributed by atoms with Gasteiger partial charge in [0.1, 0.15) is 12.3 Å². The number of aromatic amines is 1. The Morgan fingerprint density at radius 3 is 2.85 bits per heavy atom. The van der Waals surface area contributed by atoms with Crippen molar-refractivity contribution in [2.45, 2.75) is 40.2 Å². The van der Waals surface area contributed by atoms with Crippen molar-refractivity contribution in [2.24, 2.45) is 4.99 Å². The lowest BCUT2D eigenvalue weighted by atomic mass is 10.1. The normalized spacial score (nSPS) is 11.9. The fourth-order valence-corrected chi connectivity index (χ4v) is 2.92. The molecule has 26 heavy (non-hydrogen) atoms. The van der Waals surface area contributed by atoms with Crippen LogP contribution in [0, 0.1) is 13.8 Å². The van der Waals surface area contributed by atoms with Gasteiger partial charge in [0.15, 0.2) is 5.96 Å². The first-order chi connectivity index (χ1) is 12.7. The molecular formula is C20H27N5O. The number of fused-ring (bicyclic) bond motifs is 1. The molecule has 0 unspecified atom stereocenters. The van der Waals surface area contributed by atoms with Crippen LogP contribution in [0.3, 0.4) is 0 Å². The molecule has 3 aromatic rings. The van der Waals surface area contributed by atoms with E-state index in [9.17, 15) is 0 Å². The Morgan fingerprint density at radius 1 is 1.23 bits per heavy atom. The second-order valence-electron chi connectivity index (χ2n) is 6.33. The summed E-state index contributed by atoms with van der Waals surface area (Å²) in [4.78, 5) is 12.3. The maximum atomic E-state index is 5.58. The van der Waals surface area contributed by atoms with Crippen molar-refractivity contribution in [1.82, 2.24) is 20.6 Å². The minimum Gasteiger partial charge on any atom is -0.444 e. The zero-order valence-corrected chi connectivity index (χ0v) is 15.7. The zero-order valence-electron chi connectivity index (χ0n) is 15.7. The van der Waals surface area contributed by atoms with Crippen molar-refractivity contribution >= 4 is 16.9 Å². The second-order valence-corrected chi connectivity index (χ2v) is 6.33. The van der Waals surface area contributed by atoms with E-state index < -0.39 is 0 Å². The van der Waals surface area contributed by atoms with E-state index in [1.165, 1.54) is 16.5 Å². The van der Waals surface area contributed by atoms with E-state index in [1.807, 2.05) is 13.8 Å². The third kappa shape index (κ3) is 4.45. The third-order valence-electron chi connectivity index (χ3n) is 4.38. The number of aryl methyl sites for hydroxylation is 3. The molecule has 6 heteroatoms. The molecule has 1 aromatic carbocycles. The van der Waals surface area contributed by atoms with Crippen LogP contribution in [0.2, 0.25) is 0 Å². The highest BCUT2D eigenvalue weighted by Gasteiger charge is 2.06. The number of oxazole rings is 1. The Hall–Kier alpha value is -2.76. The molecule has 0 saturated heterocycles. The van der Waals surface area contributed by atoms with Gasteiger partial charge in [0, 0.05) is 30.2 Å². The molecule has 2 aromatic heterocycles. The first kappa shape index (κ1) is 18.0. The molecule has 3 N–H and O–H groups in total. The number of para-hydroxylation sites is 1. The minimum atomic E-state index is 0.437. The van der Waals surface area contributed by atoms with Crippen LogP contribution in [0.4, 0.5) is 0 Å². The molecule has 0 aliphatic heterocycles. The average molecular weight is 353 g/mol. The molecule has 0 atom stereocenters. The van der Waals surface area contributed by atoms with Crippen LogP contribution in [0.1, 0.15) is 36.3 Å². The van der Waals surface area contributed by atoms with E-state index in [2.05, 4.69) is 63.0 Å². The summed E-state index contributed by atoms with van der Waals surface area (Å²) in [6.07, 6.45) is 4.16.